The Hall–Kier alpha value is -3.05. The van der Waals surface area contributed by atoms with E-state index in [0.717, 1.165) is 65.7 Å². The van der Waals surface area contributed by atoms with Gasteiger partial charge in [-0.2, -0.15) is 0 Å². The molecule has 1 N–H and O–H groups in total. The maximum atomic E-state index is 5.77. The zero-order valence-corrected chi connectivity index (χ0v) is 16.3. The molecule has 1 saturated heterocycles. The van der Waals surface area contributed by atoms with E-state index in [1.54, 1.807) is 0 Å². The van der Waals surface area contributed by atoms with E-state index >= 15 is 0 Å². The zero-order chi connectivity index (χ0) is 19.1. The smallest absolute Gasteiger partial charge is 0.138 e. The molecule has 0 saturated carbocycles. The van der Waals surface area contributed by atoms with Gasteiger partial charge >= 0.3 is 0 Å². The number of likely N-dealkylation sites (N-methyl/N-ethyl adjacent to an activating group) is 1. The lowest BCUT2D eigenvalue weighted by molar-refractivity contribution is 0.313. The van der Waals surface area contributed by atoms with E-state index in [4.69, 9.17) is 9.40 Å². The van der Waals surface area contributed by atoms with Crippen molar-refractivity contribution >= 4 is 16.7 Å². The largest absolute Gasteiger partial charge is 0.461 e. The molecule has 0 radical (unpaired) electrons. The summed E-state index contributed by atoms with van der Waals surface area (Å²) in [5.74, 6) is 2.68. The minimum absolute atomic E-state index is 0.882. The lowest BCUT2D eigenvalue weighted by Gasteiger charge is -2.34. The van der Waals surface area contributed by atoms with Crippen LogP contribution in [0.15, 0.2) is 59.0 Å². The highest BCUT2D eigenvalue weighted by Crippen LogP contribution is 2.29. The second-order valence-corrected chi connectivity index (χ2v) is 7.57. The van der Waals surface area contributed by atoms with Gasteiger partial charge in [-0.3, -0.25) is 0 Å². The van der Waals surface area contributed by atoms with Crippen molar-refractivity contribution in [2.75, 3.05) is 38.1 Å². The summed E-state index contributed by atoms with van der Waals surface area (Å²) in [4.78, 5) is 13.1. The molecular formula is C23H24N4O. The number of imidazole rings is 1. The first-order valence-corrected chi connectivity index (χ1v) is 9.76. The fraction of sp³-hybridized carbons (Fsp3) is 0.261. The van der Waals surface area contributed by atoms with Crippen LogP contribution in [-0.4, -0.2) is 48.1 Å². The van der Waals surface area contributed by atoms with Crippen LogP contribution >= 0.6 is 0 Å². The zero-order valence-electron chi connectivity index (χ0n) is 16.3. The Balaban J connectivity index is 1.47. The van der Waals surface area contributed by atoms with Crippen LogP contribution in [0, 0.1) is 6.92 Å². The third kappa shape index (κ3) is 3.18. The number of fused-ring (bicyclic) bond motifs is 1. The SMILES string of the molecule is Cc1ccc(-c2cccc(-c3nc4ccc(N5CCN(C)CC5)cc4[nH]3)c2)o1. The van der Waals surface area contributed by atoms with Gasteiger partial charge in [0.15, 0.2) is 0 Å². The molecule has 2 aromatic carbocycles. The van der Waals surface area contributed by atoms with Crippen LogP contribution < -0.4 is 4.90 Å². The number of furan rings is 1. The van der Waals surface area contributed by atoms with E-state index in [2.05, 4.69) is 58.2 Å². The molecule has 0 atom stereocenters. The van der Waals surface area contributed by atoms with Crippen molar-refractivity contribution in [3.8, 4) is 22.7 Å². The van der Waals surface area contributed by atoms with Gasteiger partial charge in [0.05, 0.1) is 11.0 Å². The van der Waals surface area contributed by atoms with E-state index in [-0.39, 0.29) is 0 Å². The van der Waals surface area contributed by atoms with Gasteiger partial charge in [-0.25, -0.2) is 4.98 Å². The number of H-pyrrole nitrogens is 1. The summed E-state index contributed by atoms with van der Waals surface area (Å²) in [6.07, 6.45) is 0. The molecule has 1 aliphatic rings. The topological polar surface area (TPSA) is 48.3 Å². The van der Waals surface area contributed by atoms with Crippen LogP contribution in [0.5, 0.6) is 0 Å². The number of nitrogens with zero attached hydrogens (tertiary/aromatic N) is 3. The molecule has 5 rings (SSSR count). The molecule has 1 fully saturated rings. The Morgan fingerprint density at radius 2 is 1.75 bits per heavy atom. The van der Waals surface area contributed by atoms with Gasteiger partial charge in [0, 0.05) is 43.0 Å². The number of aryl methyl sites for hydroxylation is 1. The van der Waals surface area contributed by atoms with Gasteiger partial charge in [-0.1, -0.05) is 18.2 Å². The predicted molar refractivity (Wildman–Crippen MR) is 114 cm³/mol. The molecule has 28 heavy (non-hydrogen) atoms. The van der Waals surface area contributed by atoms with Crippen molar-refractivity contribution < 1.29 is 4.42 Å². The highest BCUT2D eigenvalue weighted by atomic mass is 16.3. The van der Waals surface area contributed by atoms with Crippen molar-refractivity contribution in [3.05, 3.63) is 60.4 Å². The molecule has 1 aliphatic heterocycles. The molecule has 2 aromatic heterocycles. The first-order valence-electron chi connectivity index (χ1n) is 9.76. The standard InChI is InChI=1S/C23H24N4O/c1-16-6-9-22(28-16)17-4-3-5-18(14-17)23-24-20-8-7-19(15-21(20)25-23)27-12-10-26(2)11-13-27/h3-9,14-15H,10-13H2,1-2H3,(H,24,25). The van der Waals surface area contributed by atoms with Crippen LogP contribution in [0.4, 0.5) is 5.69 Å². The van der Waals surface area contributed by atoms with Gasteiger partial charge in [0.25, 0.3) is 0 Å². The molecule has 142 valence electrons. The average Bonchev–Trinajstić information content (AvgIpc) is 3.34. The number of nitrogens with one attached hydrogen (secondary N) is 1. The Kier molecular flexibility index (Phi) is 4.17. The number of anilines is 1. The average molecular weight is 372 g/mol. The Bertz CT molecular complexity index is 1120. The third-order valence-electron chi connectivity index (χ3n) is 5.49. The van der Waals surface area contributed by atoms with E-state index in [1.165, 1.54) is 5.69 Å². The number of aromatic nitrogens is 2. The summed E-state index contributed by atoms with van der Waals surface area (Å²) in [5.41, 5.74) is 5.45. The number of hydrogen-bond donors (Lipinski definition) is 1. The fourth-order valence-corrected chi connectivity index (χ4v) is 3.81. The minimum atomic E-state index is 0.882. The summed E-state index contributed by atoms with van der Waals surface area (Å²) >= 11 is 0. The van der Waals surface area contributed by atoms with Crippen LogP contribution in [0.25, 0.3) is 33.7 Å². The van der Waals surface area contributed by atoms with E-state index < -0.39 is 0 Å². The normalized spacial score (nSPS) is 15.4. The Labute approximate surface area is 164 Å². The lowest BCUT2D eigenvalue weighted by Crippen LogP contribution is -2.44. The maximum absolute atomic E-state index is 5.77. The van der Waals surface area contributed by atoms with Gasteiger partial charge in [0.2, 0.25) is 0 Å². The lowest BCUT2D eigenvalue weighted by atomic mass is 10.1. The summed E-state index contributed by atoms with van der Waals surface area (Å²) in [6.45, 7) is 6.29. The molecule has 0 unspecified atom stereocenters. The predicted octanol–water partition coefficient (Wildman–Crippen LogP) is 4.55. The summed E-state index contributed by atoms with van der Waals surface area (Å²) in [7, 11) is 2.18. The first kappa shape index (κ1) is 17.1. The second kappa shape index (κ2) is 6.84. The number of rotatable bonds is 3. The third-order valence-corrected chi connectivity index (χ3v) is 5.49. The highest BCUT2D eigenvalue weighted by molar-refractivity contribution is 5.83. The van der Waals surface area contributed by atoms with Gasteiger partial charge in [-0.05, 0) is 50.4 Å². The summed E-state index contributed by atoms with van der Waals surface area (Å²) < 4.78 is 5.77. The van der Waals surface area contributed by atoms with Crippen LogP contribution in [-0.2, 0) is 0 Å². The molecule has 0 aliphatic carbocycles. The summed E-state index contributed by atoms with van der Waals surface area (Å²) in [5, 5.41) is 0. The number of hydrogen-bond acceptors (Lipinski definition) is 4. The van der Waals surface area contributed by atoms with Crippen molar-refractivity contribution in [2.45, 2.75) is 6.92 Å². The van der Waals surface area contributed by atoms with Gasteiger partial charge in [0.1, 0.15) is 17.3 Å². The Morgan fingerprint density at radius 3 is 2.54 bits per heavy atom. The maximum Gasteiger partial charge on any atom is 0.138 e. The molecule has 0 spiro atoms. The Morgan fingerprint density at radius 1 is 0.929 bits per heavy atom. The van der Waals surface area contributed by atoms with Crippen LogP contribution in [0.2, 0.25) is 0 Å². The van der Waals surface area contributed by atoms with Gasteiger partial charge < -0.3 is 19.2 Å². The van der Waals surface area contributed by atoms with Crippen LogP contribution in [0.1, 0.15) is 5.76 Å². The van der Waals surface area contributed by atoms with E-state index in [9.17, 15) is 0 Å². The fourth-order valence-electron chi connectivity index (χ4n) is 3.81. The molecule has 4 aromatic rings. The number of benzene rings is 2. The van der Waals surface area contributed by atoms with Crippen LogP contribution in [0.3, 0.4) is 0 Å². The van der Waals surface area contributed by atoms with Crippen molar-refractivity contribution in [2.24, 2.45) is 0 Å². The second-order valence-electron chi connectivity index (χ2n) is 7.57. The molecule has 5 heteroatoms. The molecule has 3 heterocycles. The molecule has 5 nitrogen and oxygen atoms in total. The van der Waals surface area contributed by atoms with Crippen molar-refractivity contribution in [3.63, 3.8) is 0 Å². The number of aromatic amines is 1. The van der Waals surface area contributed by atoms with E-state index in [0.29, 0.717) is 0 Å². The minimum Gasteiger partial charge on any atom is -0.461 e. The first-order chi connectivity index (χ1) is 13.7. The molecule has 0 amide bonds. The van der Waals surface area contributed by atoms with Crippen molar-refractivity contribution in [1.82, 2.24) is 14.9 Å². The summed E-state index contributed by atoms with van der Waals surface area (Å²) in [6, 6.07) is 18.8. The van der Waals surface area contributed by atoms with Gasteiger partial charge in [-0.15, -0.1) is 0 Å². The van der Waals surface area contributed by atoms with Crippen molar-refractivity contribution in [1.29, 1.82) is 0 Å². The quantitative estimate of drug-likeness (QED) is 0.573. The monoisotopic (exact) mass is 372 g/mol. The molecule has 0 bridgehead atoms. The highest BCUT2D eigenvalue weighted by Gasteiger charge is 2.15. The van der Waals surface area contributed by atoms with E-state index in [1.807, 2.05) is 25.1 Å². The number of piperazine rings is 1. The molecular weight excluding hydrogens is 348 g/mol.